The van der Waals surface area contributed by atoms with Crippen LogP contribution in [0.4, 0.5) is 24.5 Å². The number of para-hydroxylation sites is 2. The Labute approximate surface area is 140 Å². The third kappa shape index (κ3) is 3.90. The Morgan fingerprint density at radius 1 is 1.16 bits per heavy atom. The number of ether oxygens (including phenoxy) is 1. The van der Waals surface area contributed by atoms with Crippen molar-refractivity contribution in [2.45, 2.75) is 18.6 Å². The van der Waals surface area contributed by atoms with Crippen LogP contribution in [0.15, 0.2) is 48.5 Å². The lowest BCUT2D eigenvalue weighted by atomic mass is 10.1. The minimum Gasteiger partial charge on any atom is -0.423 e. The predicted octanol–water partition coefficient (Wildman–Crippen LogP) is 3.43. The van der Waals surface area contributed by atoms with E-state index >= 15 is 0 Å². The number of hydrogen-bond acceptors (Lipinski definition) is 4. The molecule has 1 aliphatic rings. The second-order valence-electron chi connectivity index (χ2n) is 5.45. The minimum absolute atomic E-state index is 0.00408. The van der Waals surface area contributed by atoms with Crippen molar-refractivity contribution in [3.05, 3.63) is 54.1 Å². The normalized spacial score (nSPS) is 16.4. The van der Waals surface area contributed by atoms with Crippen LogP contribution in [0.1, 0.15) is 12.0 Å². The van der Waals surface area contributed by atoms with Gasteiger partial charge in [0.25, 0.3) is 0 Å². The number of carbonyl (C=O) groups excluding carboxylic acids is 2. The monoisotopic (exact) mass is 350 g/mol. The summed E-state index contributed by atoms with van der Waals surface area (Å²) in [6.07, 6.45) is -4.78. The van der Waals surface area contributed by atoms with Gasteiger partial charge in [0.15, 0.2) is 5.75 Å². The van der Waals surface area contributed by atoms with Gasteiger partial charge in [-0.25, -0.2) is 4.79 Å². The molecule has 0 aromatic heterocycles. The van der Waals surface area contributed by atoms with E-state index in [1.165, 1.54) is 12.1 Å². The predicted molar refractivity (Wildman–Crippen MR) is 84.2 cm³/mol. The van der Waals surface area contributed by atoms with Crippen LogP contribution in [-0.2, 0) is 15.8 Å². The van der Waals surface area contributed by atoms with E-state index in [0.717, 1.165) is 12.1 Å². The number of rotatable bonds is 3. The van der Waals surface area contributed by atoms with E-state index in [-0.39, 0.29) is 12.1 Å². The van der Waals surface area contributed by atoms with Crippen molar-refractivity contribution >= 4 is 23.3 Å². The lowest BCUT2D eigenvalue weighted by Gasteiger charge is -2.25. The zero-order valence-electron chi connectivity index (χ0n) is 12.8. The number of halogens is 3. The molecule has 8 heteroatoms. The van der Waals surface area contributed by atoms with Gasteiger partial charge in [-0.1, -0.05) is 18.2 Å². The lowest BCUT2D eigenvalue weighted by Crippen LogP contribution is -2.39. The van der Waals surface area contributed by atoms with E-state index in [0.29, 0.717) is 11.4 Å². The van der Waals surface area contributed by atoms with Crippen molar-refractivity contribution in [3.8, 4) is 5.75 Å². The quantitative estimate of drug-likeness (QED) is 0.657. The number of esters is 1. The van der Waals surface area contributed by atoms with Crippen molar-refractivity contribution in [1.29, 1.82) is 0 Å². The molecule has 0 saturated heterocycles. The van der Waals surface area contributed by atoms with E-state index in [9.17, 15) is 22.8 Å². The van der Waals surface area contributed by atoms with Crippen molar-refractivity contribution in [2.75, 3.05) is 10.6 Å². The van der Waals surface area contributed by atoms with Gasteiger partial charge >= 0.3 is 12.1 Å². The van der Waals surface area contributed by atoms with Crippen molar-refractivity contribution < 1.29 is 27.5 Å². The molecule has 0 spiro atoms. The second-order valence-corrected chi connectivity index (χ2v) is 5.45. The maximum atomic E-state index is 12.7. The van der Waals surface area contributed by atoms with E-state index in [4.69, 9.17) is 4.74 Å². The molecule has 0 fully saturated rings. The Morgan fingerprint density at radius 3 is 2.68 bits per heavy atom. The number of alkyl halides is 3. The molecule has 0 radical (unpaired) electrons. The summed E-state index contributed by atoms with van der Waals surface area (Å²) in [5.41, 5.74) is -0.294. The molecule has 5 nitrogen and oxygen atoms in total. The van der Waals surface area contributed by atoms with Gasteiger partial charge in [0.1, 0.15) is 6.04 Å². The number of anilines is 2. The second kappa shape index (κ2) is 6.46. The molecule has 1 heterocycles. The maximum Gasteiger partial charge on any atom is 0.416 e. The third-order valence-electron chi connectivity index (χ3n) is 3.58. The number of amides is 1. The van der Waals surface area contributed by atoms with Crippen LogP contribution in [0.3, 0.4) is 0 Å². The van der Waals surface area contributed by atoms with Gasteiger partial charge in [0.05, 0.1) is 17.7 Å². The van der Waals surface area contributed by atoms with Crippen molar-refractivity contribution in [2.24, 2.45) is 0 Å². The summed E-state index contributed by atoms with van der Waals surface area (Å²) < 4.78 is 43.2. The van der Waals surface area contributed by atoms with Crippen LogP contribution < -0.4 is 15.4 Å². The minimum atomic E-state index is -4.50. The van der Waals surface area contributed by atoms with Crippen LogP contribution in [0.5, 0.6) is 5.75 Å². The average Bonchev–Trinajstić information content (AvgIpc) is 2.55. The Kier molecular flexibility index (Phi) is 4.35. The molecule has 0 unspecified atom stereocenters. The van der Waals surface area contributed by atoms with Crippen LogP contribution in [0.2, 0.25) is 0 Å². The van der Waals surface area contributed by atoms with Crippen LogP contribution in [0.25, 0.3) is 0 Å². The molecule has 3 rings (SSSR count). The summed E-state index contributed by atoms with van der Waals surface area (Å²) in [5.74, 6) is -0.868. The van der Waals surface area contributed by atoms with E-state index in [1.54, 1.807) is 24.3 Å². The first-order valence-electron chi connectivity index (χ1n) is 7.37. The third-order valence-corrected chi connectivity index (χ3v) is 3.58. The highest BCUT2D eigenvalue weighted by atomic mass is 19.4. The highest BCUT2D eigenvalue weighted by molar-refractivity contribution is 5.97. The molecule has 2 aromatic carbocycles. The molecule has 130 valence electrons. The Morgan fingerprint density at radius 2 is 1.92 bits per heavy atom. The molecular formula is C17H13F3N2O3. The first-order valence-corrected chi connectivity index (χ1v) is 7.37. The number of benzene rings is 2. The molecular weight excluding hydrogens is 337 g/mol. The molecule has 25 heavy (non-hydrogen) atoms. The first kappa shape index (κ1) is 16.8. The van der Waals surface area contributed by atoms with Gasteiger partial charge in [-0.3, -0.25) is 4.79 Å². The summed E-state index contributed by atoms with van der Waals surface area (Å²) in [6, 6.07) is 10.1. The fourth-order valence-corrected chi connectivity index (χ4v) is 2.41. The standard InChI is InChI=1S/C17H13F3N2O3/c18-17(19,20)10-4-3-5-11(8-10)21-15(23)9-13-16(24)25-14-7-2-1-6-12(14)22-13/h1-8,13,22H,9H2,(H,21,23)/t13-/m0/s1. The summed E-state index contributed by atoms with van der Waals surface area (Å²) >= 11 is 0. The fraction of sp³-hybridized carbons (Fsp3) is 0.176. The Balaban J connectivity index is 1.66. The van der Waals surface area contributed by atoms with Gasteiger partial charge in [-0.05, 0) is 30.3 Å². The molecule has 1 aliphatic heterocycles. The zero-order valence-corrected chi connectivity index (χ0v) is 12.8. The Hall–Kier alpha value is -3.03. The van der Waals surface area contributed by atoms with Crippen LogP contribution >= 0.6 is 0 Å². The fourth-order valence-electron chi connectivity index (χ4n) is 2.41. The van der Waals surface area contributed by atoms with Gasteiger partial charge < -0.3 is 15.4 Å². The molecule has 2 N–H and O–H groups in total. The lowest BCUT2D eigenvalue weighted by molar-refractivity contribution is -0.138. The largest absolute Gasteiger partial charge is 0.423 e. The highest BCUT2D eigenvalue weighted by Crippen LogP contribution is 2.31. The van der Waals surface area contributed by atoms with Crippen molar-refractivity contribution in [1.82, 2.24) is 0 Å². The van der Waals surface area contributed by atoms with Crippen LogP contribution in [0, 0.1) is 0 Å². The van der Waals surface area contributed by atoms with Gasteiger partial charge in [0.2, 0.25) is 5.91 Å². The summed E-state index contributed by atoms with van der Waals surface area (Å²) in [5, 5.41) is 5.24. The molecule has 2 aromatic rings. The highest BCUT2D eigenvalue weighted by Gasteiger charge is 2.31. The van der Waals surface area contributed by atoms with Gasteiger partial charge in [0, 0.05) is 5.69 Å². The van der Waals surface area contributed by atoms with E-state index in [1.807, 2.05) is 0 Å². The summed E-state index contributed by atoms with van der Waals surface area (Å²) in [7, 11) is 0. The van der Waals surface area contributed by atoms with Crippen LogP contribution in [-0.4, -0.2) is 17.9 Å². The Bertz CT molecular complexity index is 821. The first-order chi connectivity index (χ1) is 11.8. The molecule has 0 aliphatic carbocycles. The summed E-state index contributed by atoms with van der Waals surface area (Å²) in [6.45, 7) is 0. The number of nitrogens with one attached hydrogen (secondary N) is 2. The topological polar surface area (TPSA) is 67.4 Å². The van der Waals surface area contributed by atoms with E-state index < -0.39 is 29.7 Å². The number of carbonyl (C=O) groups is 2. The molecule has 1 atom stereocenters. The maximum absolute atomic E-state index is 12.7. The number of hydrogen-bond donors (Lipinski definition) is 2. The zero-order chi connectivity index (χ0) is 18.0. The number of fused-ring (bicyclic) bond motifs is 1. The van der Waals surface area contributed by atoms with E-state index in [2.05, 4.69) is 10.6 Å². The smallest absolute Gasteiger partial charge is 0.416 e. The summed E-state index contributed by atoms with van der Waals surface area (Å²) in [4.78, 5) is 24.0. The molecule has 1 amide bonds. The molecule has 0 bridgehead atoms. The van der Waals surface area contributed by atoms with Gasteiger partial charge in [-0.2, -0.15) is 13.2 Å². The average molecular weight is 350 g/mol. The molecule has 0 saturated carbocycles. The van der Waals surface area contributed by atoms with Crippen molar-refractivity contribution in [3.63, 3.8) is 0 Å². The van der Waals surface area contributed by atoms with Gasteiger partial charge in [-0.15, -0.1) is 0 Å². The SMILES string of the molecule is O=C(C[C@@H]1Nc2ccccc2OC1=O)Nc1cccc(C(F)(F)F)c1.